The molecule has 2 aromatic heterocycles. The zero-order chi connectivity index (χ0) is 23.5. The molecule has 1 aliphatic rings. The molecular formula is C25H29N5O2S. The number of aromatic nitrogens is 2. The minimum Gasteiger partial charge on any atom is -0.495 e. The van der Waals surface area contributed by atoms with Gasteiger partial charge in [0.15, 0.2) is 5.11 Å². The minimum absolute atomic E-state index is 0.0636. The largest absolute Gasteiger partial charge is 0.495 e. The molecule has 172 valence electrons. The molecule has 2 N–H and O–H groups in total. The van der Waals surface area contributed by atoms with Crippen LogP contribution in [0.5, 0.6) is 5.75 Å². The van der Waals surface area contributed by atoms with Gasteiger partial charge in [0.05, 0.1) is 30.6 Å². The van der Waals surface area contributed by atoms with E-state index in [9.17, 15) is 4.79 Å². The maximum Gasteiger partial charge on any atom is 0.226 e. The third-order valence-electron chi connectivity index (χ3n) is 6.29. The first-order valence-electron chi connectivity index (χ1n) is 10.9. The standard InChI is InChI=1S/C25H29N5O2S/c1-16-15-18(17(2)29(16)3)24-23(20-10-7-8-13-26-20)28-25(33)30(24)14-12-22(31)27-19-9-5-6-11-21(19)32-4/h5-11,13,15,23-24H,12,14H2,1-4H3,(H,27,31)(H,28,33)/t23-,24+/m0/s1. The highest BCUT2D eigenvalue weighted by Gasteiger charge is 2.41. The number of anilines is 1. The Morgan fingerprint density at radius 3 is 2.64 bits per heavy atom. The van der Waals surface area contributed by atoms with Crippen LogP contribution in [-0.2, 0) is 11.8 Å². The summed E-state index contributed by atoms with van der Waals surface area (Å²) in [6, 6.07) is 15.3. The Balaban J connectivity index is 1.58. The first kappa shape index (κ1) is 22.8. The van der Waals surface area contributed by atoms with E-state index in [0.29, 0.717) is 23.1 Å². The Hall–Kier alpha value is -3.39. The van der Waals surface area contributed by atoms with Gasteiger partial charge in [0.25, 0.3) is 0 Å². The number of carbonyl (C=O) groups is 1. The summed E-state index contributed by atoms with van der Waals surface area (Å²) in [5.41, 5.74) is 5.11. The summed E-state index contributed by atoms with van der Waals surface area (Å²) in [6.07, 6.45) is 2.08. The number of nitrogens with zero attached hydrogens (tertiary/aromatic N) is 3. The van der Waals surface area contributed by atoms with Gasteiger partial charge in [-0.3, -0.25) is 9.78 Å². The fourth-order valence-corrected chi connectivity index (χ4v) is 4.68. The summed E-state index contributed by atoms with van der Waals surface area (Å²) in [5.74, 6) is 0.538. The number of carbonyl (C=O) groups excluding carboxylic acids is 1. The molecule has 7 nitrogen and oxygen atoms in total. The van der Waals surface area contributed by atoms with E-state index in [0.717, 1.165) is 5.69 Å². The molecular weight excluding hydrogens is 434 g/mol. The average molecular weight is 464 g/mol. The fourth-order valence-electron chi connectivity index (χ4n) is 4.35. The lowest BCUT2D eigenvalue weighted by Crippen LogP contribution is -2.33. The lowest BCUT2D eigenvalue weighted by atomic mass is 9.96. The van der Waals surface area contributed by atoms with Gasteiger partial charge in [-0.05, 0) is 62.0 Å². The van der Waals surface area contributed by atoms with Gasteiger partial charge in [0.2, 0.25) is 5.91 Å². The molecule has 1 saturated heterocycles. The van der Waals surface area contributed by atoms with Crippen molar-refractivity contribution in [1.82, 2.24) is 19.8 Å². The highest BCUT2D eigenvalue weighted by atomic mass is 32.1. The maximum atomic E-state index is 12.8. The Labute approximate surface area is 199 Å². The molecule has 0 radical (unpaired) electrons. The Morgan fingerprint density at radius 1 is 1.21 bits per heavy atom. The van der Waals surface area contributed by atoms with Crippen LogP contribution in [0.4, 0.5) is 5.69 Å². The molecule has 33 heavy (non-hydrogen) atoms. The second kappa shape index (κ2) is 9.62. The van der Waals surface area contributed by atoms with E-state index in [2.05, 4.69) is 52.0 Å². The second-order valence-electron chi connectivity index (χ2n) is 8.20. The normalized spacial score (nSPS) is 17.7. The van der Waals surface area contributed by atoms with E-state index in [1.54, 1.807) is 13.3 Å². The monoisotopic (exact) mass is 463 g/mol. The van der Waals surface area contributed by atoms with Crippen molar-refractivity contribution in [2.24, 2.45) is 7.05 Å². The fraction of sp³-hybridized carbons (Fsp3) is 0.320. The molecule has 0 aliphatic carbocycles. The van der Waals surface area contributed by atoms with Gasteiger partial charge in [-0.25, -0.2) is 0 Å². The van der Waals surface area contributed by atoms with Crippen molar-refractivity contribution in [1.29, 1.82) is 0 Å². The van der Waals surface area contributed by atoms with E-state index >= 15 is 0 Å². The molecule has 0 saturated carbocycles. The molecule has 8 heteroatoms. The third kappa shape index (κ3) is 4.57. The van der Waals surface area contributed by atoms with Gasteiger partial charge in [-0.15, -0.1) is 0 Å². The van der Waals surface area contributed by atoms with Crippen molar-refractivity contribution in [3.8, 4) is 5.75 Å². The Kier molecular flexibility index (Phi) is 6.65. The number of aryl methyl sites for hydroxylation is 1. The number of nitrogens with one attached hydrogen (secondary N) is 2. The van der Waals surface area contributed by atoms with Crippen molar-refractivity contribution in [2.45, 2.75) is 32.4 Å². The molecule has 0 bridgehead atoms. The minimum atomic E-state index is -0.100. The van der Waals surface area contributed by atoms with E-state index in [4.69, 9.17) is 17.0 Å². The summed E-state index contributed by atoms with van der Waals surface area (Å²) in [5, 5.41) is 7.03. The van der Waals surface area contributed by atoms with E-state index in [1.165, 1.54) is 17.0 Å². The van der Waals surface area contributed by atoms with Gasteiger partial charge in [0, 0.05) is 37.6 Å². The van der Waals surface area contributed by atoms with Crippen LogP contribution in [0.2, 0.25) is 0 Å². The highest BCUT2D eigenvalue weighted by molar-refractivity contribution is 7.80. The van der Waals surface area contributed by atoms with E-state index < -0.39 is 0 Å². The number of para-hydroxylation sites is 2. The van der Waals surface area contributed by atoms with Crippen molar-refractivity contribution < 1.29 is 9.53 Å². The number of ether oxygens (including phenoxy) is 1. The molecule has 2 atom stereocenters. The molecule has 1 aliphatic heterocycles. The lowest BCUT2D eigenvalue weighted by molar-refractivity contribution is -0.116. The van der Waals surface area contributed by atoms with Crippen LogP contribution in [-0.4, -0.2) is 39.1 Å². The average Bonchev–Trinajstić information content (AvgIpc) is 3.29. The summed E-state index contributed by atoms with van der Waals surface area (Å²) in [7, 11) is 3.65. The Bertz CT molecular complexity index is 1160. The molecule has 3 aromatic rings. The number of thiocarbonyl (C=S) groups is 1. The summed E-state index contributed by atoms with van der Waals surface area (Å²) >= 11 is 5.73. The summed E-state index contributed by atoms with van der Waals surface area (Å²) < 4.78 is 7.52. The lowest BCUT2D eigenvalue weighted by Gasteiger charge is -2.28. The molecule has 0 spiro atoms. The maximum absolute atomic E-state index is 12.8. The van der Waals surface area contributed by atoms with Crippen molar-refractivity contribution in [2.75, 3.05) is 19.0 Å². The molecule has 0 unspecified atom stereocenters. The number of amides is 1. The molecule has 1 fully saturated rings. The first-order valence-corrected chi connectivity index (χ1v) is 11.3. The van der Waals surface area contributed by atoms with Crippen molar-refractivity contribution in [3.63, 3.8) is 0 Å². The van der Waals surface area contributed by atoms with E-state index in [-0.39, 0.29) is 24.4 Å². The quantitative estimate of drug-likeness (QED) is 0.515. The third-order valence-corrected chi connectivity index (χ3v) is 6.64. The summed E-state index contributed by atoms with van der Waals surface area (Å²) in [6.45, 7) is 4.69. The first-order chi connectivity index (χ1) is 15.9. The second-order valence-corrected chi connectivity index (χ2v) is 8.59. The Morgan fingerprint density at radius 2 is 1.97 bits per heavy atom. The van der Waals surface area contributed by atoms with Crippen LogP contribution < -0.4 is 15.4 Å². The van der Waals surface area contributed by atoms with Crippen LogP contribution in [0.25, 0.3) is 0 Å². The predicted octanol–water partition coefficient (Wildman–Crippen LogP) is 4.05. The predicted molar refractivity (Wildman–Crippen MR) is 133 cm³/mol. The van der Waals surface area contributed by atoms with Crippen LogP contribution in [0.3, 0.4) is 0 Å². The van der Waals surface area contributed by atoms with Gasteiger partial charge in [-0.2, -0.15) is 0 Å². The van der Waals surface area contributed by atoms with Gasteiger partial charge in [-0.1, -0.05) is 18.2 Å². The van der Waals surface area contributed by atoms with Crippen LogP contribution in [0, 0.1) is 13.8 Å². The topological polar surface area (TPSA) is 71.4 Å². The number of rotatable bonds is 7. The van der Waals surface area contributed by atoms with Gasteiger partial charge in [0.1, 0.15) is 5.75 Å². The SMILES string of the molecule is COc1ccccc1NC(=O)CCN1C(=S)N[C@@H](c2ccccn2)[C@H]1c1cc(C)n(C)c1C. The molecule has 1 amide bonds. The zero-order valence-electron chi connectivity index (χ0n) is 19.3. The number of hydrogen-bond acceptors (Lipinski definition) is 4. The number of methoxy groups -OCH3 is 1. The number of benzene rings is 1. The van der Waals surface area contributed by atoms with Gasteiger partial charge < -0.3 is 24.8 Å². The van der Waals surface area contributed by atoms with E-state index in [1.807, 2.05) is 42.5 Å². The van der Waals surface area contributed by atoms with Crippen molar-refractivity contribution in [3.05, 3.63) is 77.4 Å². The number of hydrogen-bond donors (Lipinski definition) is 2. The van der Waals surface area contributed by atoms with Crippen molar-refractivity contribution >= 4 is 28.9 Å². The van der Waals surface area contributed by atoms with Crippen LogP contribution in [0.15, 0.2) is 54.7 Å². The smallest absolute Gasteiger partial charge is 0.226 e. The number of pyridine rings is 1. The molecule has 3 heterocycles. The van der Waals surface area contributed by atoms with Gasteiger partial charge >= 0.3 is 0 Å². The molecule has 4 rings (SSSR count). The van der Waals surface area contributed by atoms with Crippen LogP contribution in [0.1, 0.15) is 41.1 Å². The molecule has 1 aromatic carbocycles. The highest BCUT2D eigenvalue weighted by Crippen LogP contribution is 2.40. The van der Waals surface area contributed by atoms with Crippen LogP contribution >= 0.6 is 12.2 Å². The zero-order valence-corrected chi connectivity index (χ0v) is 20.1. The summed E-state index contributed by atoms with van der Waals surface area (Å²) in [4.78, 5) is 19.5.